The Morgan fingerprint density at radius 2 is 1.59 bits per heavy atom. The van der Waals surface area contributed by atoms with Crippen molar-refractivity contribution in [1.29, 1.82) is 0 Å². The fraction of sp³-hybridized carbons (Fsp3) is 0.269. The first-order chi connectivity index (χ1) is 16.1. The Morgan fingerprint density at radius 3 is 2.24 bits per heavy atom. The zero-order chi connectivity index (χ0) is 24.9. The number of nitrogens with zero attached hydrogens (tertiary/aromatic N) is 1. The molecule has 0 aliphatic carbocycles. The molecule has 180 valence electrons. The van der Waals surface area contributed by atoms with Crippen LogP contribution in [0.25, 0.3) is 0 Å². The van der Waals surface area contributed by atoms with E-state index in [9.17, 15) is 13.2 Å². The SMILES string of the molecule is COc1ccc(N(C)S(=O)(=O)c2cccc(C(=O)NC(C)c3cccc(OC(C)C)c3)c2)cc1. The van der Waals surface area contributed by atoms with Crippen LogP contribution in [0.5, 0.6) is 11.5 Å². The molecule has 3 rings (SSSR count). The molecule has 0 radical (unpaired) electrons. The zero-order valence-electron chi connectivity index (χ0n) is 20.0. The highest BCUT2D eigenvalue weighted by Crippen LogP contribution is 2.25. The number of amides is 1. The molecule has 34 heavy (non-hydrogen) atoms. The van der Waals surface area contributed by atoms with Crippen LogP contribution in [0, 0.1) is 0 Å². The third-order valence-electron chi connectivity index (χ3n) is 5.27. The summed E-state index contributed by atoms with van der Waals surface area (Å²) in [6.45, 7) is 5.76. The van der Waals surface area contributed by atoms with Crippen LogP contribution in [0.15, 0.2) is 77.7 Å². The van der Waals surface area contributed by atoms with E-state index in [0.717, 1.165) is 11.3 Å². The summed E-state index contributed by atoms with van der Waals surface area (Å²) in [5, 5.41) is 2.93. The molecule has 7 nitrogen and oxygen atoms in total. The largest absolute Gasteiger partial charge is 0.497 e. The summed E-state index contributed by atoms with van der Waals surface area (Å²) in [6.07, 6.45) is 0.0425. The molecule has 0 aliphatic heterocycles. The van der Waals surface area contributed by atoms with Gasteiger partial charge in [0.15, 0.2) is 0 Å². The fourth-order valence-corrected chi connectivity index (χ4v) is 4.62. The average Bonchev–Trinajstić information content (AvgIpc) is 2.83. The summed E-state index contributed by atoms with van der Waals surface area (Å²) in [5.41, 5.74) is 1.62. The minimum Gasteiger partial charge on any atom is -0.497 e. The summed E-state index contributed by atoms with van der Waals surface area (Å²) in [6, 6.07) is 19.9. The van der Waals surface area contributed by atoms with Crippen molar-refractivity contribution in [1.82, 2.24) is 5.32 Å². The highest BCUT2D eigenvalue weighted by molar-refractivity contribution is 7.92. The molecule has 1 N–H and O–H groups in total. The van der Waals surface area contributed by atoms with E-state index < -0.39 is 10.0 Å². The van der Waals surface area contributed by atoms with Crippen LogP contribution in [-0.4, -0.2) is 34.6 Å². The molecule has 8 heteroatoms. The number of sulfonamides is 1. The number of hydrogen-bond donors (Lipinski definition) is 1. The molecular formula is C26H30N2O5S. The summed E-state index contributed by atoms with van der Waals surface area (Å²) in [5.74, 6) is 0.985. The van der Waals surface area contributed by atoms with Crippen LogP contribution in [0.3, 0.4) is 0 Å². The maximum Gasteiger partial charge on any atom is 0.264 e. The second-order valence-corrected chi connectivity index (χ2v) is 10.1. The number of methoxy groups -OCH3 is 1. The van der Waals surface area contributed by atoms with Gasteiger partial charge in [0.25, 0.3) is 15.9 Å². The number of anilines is 1. The third-order valence-corrected chi connectivity index (χ3v) is 7.05. The predicted molar refractivity (Wildman–Crippen MR) is 133 cm³/mol. The van der Waals surface area contributed by atoms with Gasteiger partial charge in [0.2, 0.25) is 0 Å². The van der Waals surface area contributed by atoms with Crippen molar-refractivity contribution in [2.75, 3.05) is 18.5 Å². The lowest BCUT2D eigenvalue weighted by molar-refractivity contribution is 0.0939. The molecule has 1 atom stereocenters. The molecule has 1 amide bonds. The number of hydrogen-bond acceptors (Lipinski definition) is 5. The van der Waals surface area contributed by atoms with Crippen LogP contribution >= 0.6 is 0 Å². The van der Waals surface area contributed by atoms with Gasteiger partial charge in [-0.25, -0.2) is 8.42 Å². The fourth-order valence-electron chi connectivity index (χ4n) is 3.38. The highest BCUT2D eigenvalue weighted by atomic mass is 32.2. The summed E-state index contributed by atoms with van der Waals surface area (Å²) >= 11 is 0. The molecule has 3 aromatic carbocycles. The monoisotopic (exact) mass is 482 g/mol. The van der Waals surface area contributed by atoms with Crippen LogP contribution in [0.2, 0.25) is 0 Å². The van der Waals surface area contributed by atoms with Crippen LogP contribution < -0.4 is 19.1 Å². The standard InChI is InChI=1S/C26H30N2O5S/c1-18(2)33-24-10-6-8-20(16-24)19(3)27-26(29)21-9-7-11-25(17-21)34(30,31)28(4)22-12-14-23(32-5)15-13-22/h6-19H,1-5H3,(H,27,29). The topological polar surface area (TPSA) is 84.9 Å². The van der Waals surface area contributed by atoms with Gasteiger partial charge < -0.3 is 14.8 Å². The molecule has 0 saturated carbocycles. The second kappa shape index (κ2) is 10.6. The minimum absolute atomic E-state index is 0.0263. The molecule has 0 spiro atoms. The van der Waals surface area contributed by atoms with Crippen molar-refractivity contribution < 1.29 is 22.7 Å². The van der Waals surface area contributed by atoms with Crippen molar-refractivity contribution in [2.45, 2.75) is 37.8 Å². The van der Waals surface area contributed by atoms with E-state index in [1.54, 1.807) is 43.5 Å². The van der Waals surface area contributed by atoms with E-state index in [1.807, 2.05) is 45.0 Å². The number of rotatable bonds is 9. The van der Waals surface area contributed by atoms with Crippen molar-refractivity contribution in [3.8, 4) is 11.5 Å². The number of carbonyl (C=O) groups excluding carboxylic acids is 1. The van der Waals surface area contributed by atoms with E-state index in [-0.39, 0.29) is 28.5 Å². The van der Waals surface area contributed by atoms with E-state index in [4.69, 9.17) is 9.47 Å². The maximum atomic E-state index is 13.2. The number of nitrogens with one attached hydrogen (secondary N) is 1. The third kappa shape index (κ3) is 5.88. The van der Waals surface area contributed by atoms with E-state index in [0.29, 0.717) is 11.4 Å². The van der Waals surface area contributed by atoms with Gasteiger partial charge in [-0.1, -0.05) is 18.2 Å². The van der Waals surface area contributed by atoms with Crippen molar-refractivity contribution >= 4 is 21.6 Å². The van der Waals surface area contributed by atoms with Crippen LogP contribution in [-0.2, 0) is 10.0 Å². The number of benzene rings is 3. The van der Waals surface area contributed by atoms with E-state index in [1.165, 1.54) is 23.5 Å². The first-order valence-electron chi connectivity index (χ1n) is 10.9. The summed E-state index contributed by atoms with van der Waals surface area (Å²) < 4.78 is 38.4. The van der Waals surface area contributed by atoms with Gasteiger partial charge in [0.1, 0.15) is 11.5 Å². The first kappa shape index (κ1) is 25.1. The van der Waals surface area contributed by atoms with Crippen LogP contribution in [0.4, 0.5) is 5.69 Å². The smallest absolute Gasteiger partial charge is 0.264 e. The lowest BCUT2D eigenvalue weighted by Gasteiger charge is -2.20. The quantitative estimate of drug-likeness (QED) is 0.474. The van der Waals surface area contributed by atoms with Crippen LogP contribution in [0.1, 0.15) is 42.7 Å². The van der Waals surface area contributed by atoms with Gasteiger partial charge in [0, 0.05) is 12.6 Å². The van der Waals surface area contributed by atoms with Crippen molar-refractivity contribution in [3.63, 3.8) is 0 Å². The molecular weight excluding hydrogens is 452 g/mol. The summed E-state index contributed by atoms with van der Waals surface area (Å²) in [4.78, 5) is 12.9. The molecule has 0 aromatic heterocycles. The first-order valence-corrected chi connectivity index (χ1v) is 12.4. The minimum atomic E-state index is -3.87. The molecule has 0 saturated heterocycles. The predicted octanol–water partition coefficient (Wildman–Crippen LogP) is 4.80. The molecule has 1 unspecified atom stereocenters. The summed E-state index contributed by atoms with van der Waals surface area (Å²) in [7, 11) is -0.854. The second-order valence-electron chi connectivity index (χ2n) is 8.13. The maximum absolute atomic E-state index is 13.2. The zero-order valence-corrected chi connectivity index (χ0v) is 20.8. The van der Waals surface area contributed by atoms with Gasteiger partial charge in [-0.05, 0) is 80.9 Å². The van der Waals surface area contributed by atoms with E-state index in [2.05, 4.69) is 5.32 Å². The Morgan fingerprint density at radius 1 is 0.912 bits per heavy atom. The molecule has 3 aromatic rings. The highest BCUT2D eigenvalue weighted by Gasteiger charge is 2.23. The molecule has 0 bridgehead atoms. The van der Waals surface area contributed by atoms with Gasteiger partial charge in [-0.15, -0.1) is 0 Å². The Bertz CT molecular complexity index is 1240. The van der Waals surface area contributed by atoms with Crippen molar-refractivity contribution in [3.05, 3.63) is 83.9 Å². The Balaban J connectivity index is 1.78. The van der Waals surface area contributed by atoms with Crippen molar-refractivity contribution in [2.24, 2.45) is 0 Å². The average molecular weight is 483 g/mol. The lowest BCUT2D eigenvalue weighted by Crippen LogP contribution is -2.28. The molecule has 0 aliphatic rings. The Hall–Kier alpha value is -3.52. The normalized spacial score (nSPS) is 12.2. The van der Waals surface area contributed by atoms with E-state index >= 15 is 0 Å². The molecule has 0 fully saturated rings. The number of carbonyl (C=O) groups is 1. The lowest BCUT2D eigenvalue weighted by atomic mass is 10.1. The Kier molecular flexibility index (Phi) is 7.83. The van der Waals surface area contributed by atoms with Gasteiger partial charge >= 0.3 is 0 Å². The van der Waals surface area contributed by atoms with Gasteiger partial charge in [0.05, 0.1) is 29.8 Å². The Labute approximate surface area is 201 Å². The number of ether oxygens (including phenoxy) is 2. The molecule has 0 heterocycles. The van der Waals surface area contributed by atoms with Gasteiger partial charge in [-0.2, -0.15) is 0 Å². The van der Waals surface area contributed by atoms with Gasteiger partial charge in [-0.3, -0.25) is 9.10 Å².